The molecule has 1 aliphatic rings. The molecule has 1 aromatic rings. The Morgan fingerprint density at radius 1 is 1.40 bits per heavy atom. The summed E-state index contributed by atoms with van der Waals surface area (Å²) in [6, 6.07) is 5.04. The van der Waals surface area contributed by atoms with Crippen molar-refractivity contribution in [1.29, 1.82) is 0 Å². The molecule has 110 valence electrons. The highest BCUT2D eigenvalue weighted by Gasteiger charge is 2.24. The molecule has 4 nitrogen and oxygen atoms in total. The number of alkyl carbamates (subject to hydrolysis) is 1. The van der Waals surface area contributed by atoms with Gasteiger partial charge in [0.25, 0.3) is 0 Å². The molecular weight excluding hydrogens is 299 g/mol. The average molecular weight is 316 g/mol. The van der Waals surface area contributed by atoms with Gasteiger partial charge in [-0.15, -0.1) is 0 Å². The normalized spacial score (nSPS) is 15.0. The quantitative estimate of drug-likeness (QED) is 0.862. The maximum absolute atomic E-state index is 13.5. The van der Waals surface area contributed by atoms with Gasteiger partial charge in [-0.1, -0.05) is 6.07 Å². The molecule has 1 N–H and O–H groups in total. The molecule has 0 radical (unpaired) electrons. The first kappa shape index (κ1) is 15.5. The molecule has 1 amide bonds. The molecule has 1 aliphatic heterocycles. The number of halogens is 1. The van der Waals surface area contributed by atoms with Gasteiger partial charge in [-0.05, 0) is 56.8 Å². The molecule has 0 saturated heterocycles. The zero-order valence-electron chi connectivity index (χ0n) is 11.6. The highest BCUT2D eigenvalue weighted by molar-refractivity contribution is 8.14. The van der Waals surface area contributed by atoms with E-state index in [-0.39, 0.29) is 5.82 Å². The molecular formula is C13H17FN2O2S2. The van der Waals surface area contributed by atoms with Crippen LogP contribution in [0.1, 0.15) is 20.8 Å². The highest BCUT2D eigenvalue weighted by Crippen LogP contribution is 2.46. The van der Waals surface area contributed by atoms with E-state index >= 15 is 0 Å². The Bertz CT molecular complexity index is 506. The van der Waals surface area contributed by atoms with Gasteiger partial charge >= 0.3 is 6.09 Å². The van der Waals surface area contributed by atoms with Gasteiger partial charge in [0, 0.05) is 18.0 Å². The molecule has 0 fully saturated rings. The minimum atomic E-state index is -0.499. The molecule has 0 spiro atoms. The molecule has 20 heavy (non-hydrogen) atoms. The first-order chi connectivity index (χ1) is 9.35. The minimum absolute atomic E-state index is 0.206. The molecule has 0 aromatic heterocycles. The van der Waals surface area contributed by atoms with Crippen LogP contribution >= 0.6 is 23.9 Å². The van der Waals surface area contributed by atoms with Crippen LogP contribution in [-0.4, -0.2) is 28.5 Å². The maximum Gasteiger partial charge on any atom is 0.407 e. The Kier molecular flexibility index (Phi) is 4.82. The first-order valence-electron chi connectivity index (χ1n) is 6.24. The maximum atomic E-state index is 13.5. The number of hydrogen-bond donors (Lipinski definition) is 1. The lowest BCUT2D eigenvalue weighted by molar-refractivity contribution is 0.0528. The summed E-state index contributed by atoms with van der Waals surface area (Å²) in [4.78, 5) is 13.0. The minimum Gasteiger partial charge on any atom is -0.444 e. The lowest BCUT2D eigenvalue weighted by Gasteiger charge is -2.20. The van der Waals surface area contributed by atoms with Crippen molar-refractivity contribution < 1.29 is 13.9 Å². The summed E-state index contributed by atoms with van der Waals surface area (Å²) in [7, 11) is 0. The van der Waals surface area contributed by atoms with E-state index in [0.717, 1.165) is 4.90 Å². The second kappa shape index (κ2) is 6.24. The van der Waals surface area contributed by atoms with E-state index in [0.29, 0.717) is 18.0 Å². The second-order valence-corrected chi connectivity index (χ2v) is 7.56. The van der Waals surface area contributed by atoms with E-state index in [4.69, 9.17) is 4.74 Å². The van der Waals surface area contributed by atoms with Crippen molar-refractivity contribution in [2.45, 2.75) is 36.2 Å². The molecule has 0 aliphatic carbocycles. The van der Waals surface area contributed by atoms with Crippen LogP contribution in [0.25, 0.3) is 0 Å². The number of nitrogens with zero attached hydrogens (tertiary/aromatic N) is 1. The number of rotatable bonds is 3. The predicted octanol–water partition coefficient (Wildman–Crippen LogP) is 3.68. The van der Waals surface area contributed by atoms with Crippen molar-refractivity contribution in [3.05, 3.63) is 24.0 Å². The third kappa shape index (κ3) is 4.29. The number of carbonyl (C=O) groups is 1. The van der Waals surface area contributed by atoms with Crippen molar-refractivity contribution in [3.63, 3.8) is 0 Å². The SMILES string of the molecule is CC(C)(C)OC(=O)NCCN1Sc2cccc(F)c2S1. The van der Waals surface area contributed by atoms with Crippen molar-refractivity contribution in [3.8, 4) is 0 Å². The van der Waals surface area contributed by atoms with Gasteiger partial charge in [0.05, 0.1) is 4.90 Å². The van der Waals surface area contributed by atoms with E-state index in [1.165, 1.54) is 30.0 Å². The van der Waals surface area contributed by atoms with Crippen LogP contribution < -0.4 is 5.32 Å². The van der Waals surface area contributed by atoms with Gasteiger partial charge in [0.2, 0.25) is 0 Å². The molecule has 0 atom stereocenters. The lowest BCUT2D eigenvalue weighted by atomic mass is 10.2. The summed E-state index contributed by atoms with van der Waals surface area (Å²) in [6.07, 6.45) is -0.435. The summed E-state index contributed by atoms with van der Waals surface area (Å²) in [5, 5.41) is 2.68. The number of fused-ring (bicyclic) bond motifs is 1. The van der Waals surface area contributed by atoms with Gasteiger partial charge in [0.1, 0.15) is 11.4 Å². The van der Waals surface area contributed by atoms with E-state index < -0.39 is 11.7 Å². The predicted molar refractivity (Wildman–Crippen MR) is 79.1 cm³/mol. The molecule has 0 unspecified atom stereocenters. The van der Waals surface area contributed by atoms with Crippen LogP contribution in [0.5, 0.6) is 0 Å². The van der Waals surface area contributed by atoms with Gasteiger partial charge in [-0.25, -0.2) is 9.18 Å². The molecule has 1 aromatic carbocycles. The van der Waals surface area contributed by atoms with Gasteiger partial charge in [-0.3, -0.25) is 0 Å². The second-order valence-electron chi connectivity index (χ2n) is 5.23. The summed E-state index contributed by atoms with van der Waals surface area (Å²) in [6.45, 7) is 6.50. The smallest absolute Gasteiger partial charge is 0.407 e. The van der Waals surface area contributed by atoms with Crippen LogP contribution in [0.2, 0.25) is 0 Å². The van der Waals surface area contributed by atoms with Crippen molar-refractivity contribution in [2.24, 2.45) is 0 Å². The van der Waals surface area contributed by atoms with Gasteiger partial charge < -0.3 is 10.1 Å². The van der Waals surface area contributed by atoms with Crippen molar-refractivity contribution in [2.75, 3.05) is 13.1 Å². The van der Waals surface area contributed by atoms with Gasteiger partial charge in [0.15, 0.2) is 0 Å². The summed E-state index contributed by atoms with van der Waals surface area (Å²) in [5.74, 6) is -0.206. The van der Waals surface area contributed by atoms with Crippen LogP contribution in [0.3, 0.4) is 0 Å². The molecule has 0 saturated carbocycles. The molecule has 7 heteroatoms. The Balaban J connectivity index is 1.75. The Morgan fingerprint density at radius 3 is 2.80 bits per heavy atom. The van der Waals surface area contributed by atoms with E-state index in [9.17, 15) is 9.18 Å². The van der Waals surface area contributed by atoms with Crippen LogP contribution in [0, 0.1) is 5.82 Å². The third-order valence-electron chi connectivity index (χ3n) is 2.29. The topological polar surface area (TPSA) is 41.6 Å². The van der Waals surface area contributed by atoms with Crippen LogP contribution in [0.4, 0.5) is 9.18 Å². The van der Waals surface area contributed by atoms with E-state index in [1.807, 2.05) is 30.5 Å². The molecule has 1 heterocycles. The van der Waals surface area contributed by atoms with E-state index in [1.54, 1.807) is 6.07 Å². The standard InChI is InChI=1S/C13H17FN2O2S2/c1-13(2,3)18-12(17)15-7-8-16-19-10-6-4-5-9(14)11(10)20-16/h4-6H,7-8H2,1-3H3,(H,15,17). The largest absolute Gasteiger partial charge is 0.444 e. The zero-order chi connectivity index (χ0) is 14.8. The molecule has 2 rings (SSSR count). The Hall–Kier alpha value is -0.920. The number of hydrogen-bond acceptors (Lipinski definition) is 5. The first-order valence-corrected chi connectivity index (χ1v) is 7.79. The summed E-state index contributed by atoms with van der Waals surface area (Å²) < 4.78 is 20.6. The average Bonchev–Trinajstić information content (AvgIpc) is 2.71. The van der Waals surface area contributed by atoms with Crippen LogP contribution in [0.15, 0.2) is 28.0 Å². The van der Waals surface area contributed by atoms with Crippen molar-refractivity contribution in [1.82, 2.24) is 9.03 Å². The molecule has 0 bridgehead atoms. The number of amides is 1. The fraction of sp³-hybridized carbons (Fsp3) is 0.462. The number of benzene rings is 1. The summed E-state index contributed by atoms with van der Waals surface area (Å²) in [5.41, 5.74) is -0.499. The number of ether oxygens (including phenoxy) is 1. The van der Waals surface area contributed by atoms with E-state index in [2.05, 4.69) is 5.32 Å². The summed E-state index contributed by atoms with van der Waals surface area (Å²) >= 11 is 2.84. The van der Waals surface area contributed by atoms with Crippen LogP contribution in [-0.2, 0) is 4.74 Å². The number of nitrogens with one attached hydrogen (secondary N) is 1. The number of carbonyl (C=O) groups excluding carboxylic acids is 1. The fourth-order valence-electron chi connectivity index (χ4n) is 1.53. The zero-order valence-corrected chi connectivity index (χ0v) is 13.2. The fourth-order valence-corrected chi connectivity index (χ4v) is 3.79. The monoisotopic (exact) mass is 316 g/mol. The van der Waals surface area contributed by atoms with Gasteiger partial charge in [-0.2, -0.15) is 3.71 Å². The highest BCUT2D eigenvalue weighted by atomic mass is 32.2. The lowest BCUT2D eigenvalue weighted by Crippen LogP contribution is -2.35. The Morgan fingerprint density at radius 2 is 2.15 bits per heavy atom. The van der Waals surface area contributed by atoms with Crippen molar-refractivity contribution >= 4 is 30.0 Å². The third-order valence-corrected chi connectivity index (χ3v) is 4.77. The Labute approximate surface area is 126 Å².